The van der Waals surface area contributed by atoms with E-state index in [4.69, 9.17) is 5.11 Å². The van der Waals surface area contributed by atoms with Crippen LogP contribution in [0.1, 0.15) is 5.69 Å². The molecule has 1 aliphatic rings. The number of carbonyl (C=O) groups is 2. The van der Waals surface area contributed by atoms with Gasteiger partial charge in [-0.05, 0) is 0 Å². The first kappa shape index (κ1) is 16.0. The van der Waals surface area contributed by atoms with Crippen molar-refractivity contribution in [3.8, 4) is 0 Å². The number of nitrogens with one attached hydrogen (secondary N) is 3. The van der Waals surface area contributed by atoms with Crippen LogP contribution in [0, 0.1) is 0 Å². The normalized spacial score (nSPS) is 19.7. The van der Waals surface area contributed by atoms with Crippen LogP contribution in [0.25, 0.3) is 0 Å². The molecular weight excluding hydrogens is 312 g/mol. The molecule has 1 aromatic heterocycles. The van der Waals surface area contributed by atoms with Gasteiger partial charge in [0.05, 0.1) is 6.33 Å². The number of carboxylic acids is 1. The molecule has 0 aliphatic carbocycles. The van der Waals surface area contributed by atoms with Gasteiger partial charge in [-0.2, -0.15) is 23.5 Å². The number of nitrogens with zero attached hydrogens (tertiary/aromatic N) is 1. The maximum atomic E-state index is 11.8. The van der Waals surface area contributed by atoms with Crippen LogP contribution < -0.4 is 10.6 Å². The number of carboxylic acid groups (broad SMARTS) is 1. The molecule has 4 N–H and O–H groups in total. The summed E-state index contributed by atoms with van der Waals surface area (Å²) in [7, 11) is 0. The van der Waals surface area contributed by atoms with E-state index in [0.29, 0.717) is 17.5 Å². The summed E-state index contributed by atoms with van der Waals surface area (Å²) in [5.41, 5.74) is 0.668. The number of aromatic amines is 1. The highest BCUT2D eigenvalue weighted by Crippen LogP contribution is 2.23. The number of hydrogen-bond acceptors (Lipinski definition) is 5. The minimum atomic E-state index is -1.07. The van der Waals surface area contributed by atoms with Crippen LogP contribution >= 0.6 is 23.5 Å². The van der Waals surface area contributed by atoms with E-state index >= 15 is 0 Å². The summed E-state index contributed by atoms with van der Waals surface area (Å²) in [6.07, 6.45) is 3.20. The van der Waals surface area contributed by atoms with E-state index < -0.39 is 18.0 Å². The largest absolute Gasteiger partial charge is 0.480 e. The summed E-state index contributed by atoms with van der Waals surface area (Å²) >= 11 is 3.72. The van der Waals surface area contributed by atoms with E-state index in [1.807, 2.05) is 23.5 Å². The van der Waals surface area contributed by atoms with E-state index in [2.05, 4.69) is 20.6 Å². The minimum Gasteiger partial charge on any atom is -0.480 e. The Morgan fingerprint density at radius 2 is 2.38 bits per heavy atom. The molecule has 0 aromatic carbocycles. The van der Waals surface area contributed by atoms with Crippen LogP contribution in [0.3, 0.4) is 0 Å². The van der Waals surface area contributed by atoms with Crippen LogP contribution in [0.5, 0.6) is 0 Å². The van der Waals surface area contributed by atoms with Gasteiger partial charge in [-0.3, -0.25) is 0 Å². The second kappa shape index (κ2) is 8.18. The van der Waals surface area contributed by atoms with Crippen molar-refractivity contribution in [1.82, 2.24) is 20.6 Å². The van der Waals surface area contributed by atoms with E-state index in [1.54, 1.807) is 6.20 Å². The molecule has 1 fully saturated rings. The highest BCUT2D eigenvalue weighted by Gasteiger charge is 2.22. The molecule has 21 heavy (non-hydrogen) atoms. The van der Waals surface area contributed by atoms with Crippen LogP contribution in [0.15, 0.2) is 12.5 Å². The number of aromatic nitrogens is 2. The molecule has 2 rings (SSSR count). The van der Waals surface area contributed by atoms with Crippen molar-refractivity contribution in [2.24, 2.45) is 0 Å². The van der Waals surface area contributed by atoms with E-state index in [-0.39, 0.29) is 6.42 Å². The number of carbonyl (C=O) groups excluding carboxylic acids is 1. The third-order valence-electron chi connectivity index (χ3n) is 2.96. The molecule has 2 unspecified atom stereocenters. The Kier molecular flexibility index (Phi) is 6.24. The molecule has 116 valence electrons. The van der Waals surface area contributed by atoms with Crippen LogP contribution in [0.4, 0.5) is 4.79 Å². The molecule has 2 atom stereocenters. The first-order valence-corrected chi connectivity index (χ1v) is 8.79. The topological polar surface area (TPSA) is 107 Å². The van der Waals surface area contributed by atoms with Crippen molar-refractivity contribution in [2.45, 2.75) is 17.7 Å². The average molecular weight is 330 g/mol. The summed E-state index contributed by atoms with van der Waals surface area (Å²) < 4.78 is 0. The molecular formula is C12H18N4O3S2. The van der Waals surface area contributed by atoms with Gasteiger partial charge < -0.3 is 20.7 Å². The van der Waals surface area contributed by atoms with Crippen molar-refractivity contribution in [1.29, 1.82) is 0 Å². The lowest BCUT2D eigenvalue weighted by Gasteiger charge is -2.22. The molecule has 1 aromatic rings. The monoisotopic (exact) mass is 330 g/mol. The Balaban J connectivity index is 1.76. The smallest absolute Gasteiger partial charge is 0.326 e. The van der Waals surface area contributed by atoms with Crippen LogP contribution in [-0.4, -0.2) is 62.2 Å². The number of urea groups is 1. The Hall–Kier alpha value is -1.35. The number of H-pyrrole nitrogens is 1. The van der Waals surface area contributed by atoms with Gasteiger partial charge in [0.2, 0.25) is 0 Å². The van der Waals surface area contributed by atoms with Gasteiger partial charge in [0.15, 0.2) is 0 Å². The molecule has 0 saturated carbocycles. The number of aliphatic carboxylic acids is 1. The molecule has 0 bridgehead atoms. The number of imidazole rings is 1. The number of rotatable bonds is 6. The molecule has 0 spiro atoms. The van der Waals surface area contributed by atoms with Gasteiger partial charge in [-0.25, -0.2) is 14.6 Å². The SMILES string of the molecule is O=C(NCC1CSCCS1)NC(Cc1cnc[nH]1)C(=O)O. The second-order valence-corrected chi connectivity index (χ2v) is 7.15. The fourth-order valence-electron chi connectivity index (χ4n) is 1.89. The lowest BCUT2D eigenvalue weighted by molar-refractivity contribution is -0.139. The highest BCUT2D eigenvalue weighted by atomic mass is 32.2. The third-order valence-corrected chi connectivity index (χ3v) is 5.80. The van der Waals surface area contributed by atoms with Crippen LogP contribution in [0.2, 0.25) is 0 Å². The predicted molar refractivity (Wildman–Crippen MR) is 83.8 cm³/mol. The second-order valence-electron chi connectivity index (χ2n) is 4.59. The van der Waals surface area contributed by atoms with E-state index in [1.165, 1.54) is 6.33 Å². The standard InChI is InChI=1S/C12H18N4O3S2/c17-11(18)10(3-8-4-13-7-15-8)16-12(19)14-5-9-6-20-1-2-21-9/h4,7,9-10H,1-3,5-6H2,(H,13,15)(H,17,18)(H2,14,16,19). The van der Waals surface area contributed by atoms with Gasteiger partial charge >= 0.3 is 12.0 Å². The first-order chi connectivity index (χ1) is 10.1. The van der Waals surface area contributed by atoms with Gasteiger partial charge in [0.1, 0.15) is 6.04 Å². The Labute approximate surface area is 131 Å². The molecule has 2 heterocycles. The lowest BCUT2D eigenvalue weighted by atomic mass is 10.2. The molecule has 1 aliphatic heterocycles. The maximum absolute atomic E-state index is 11.8. The molecule has 0 radical (unpaired) electrons. The van der Waals surface area contributed by atoms with Crippen LogP contribution in [-0.2, 0) is 11.2 Å². The Morgan fingerprint density at radius 1 is 1.52 bits per heavy atom. The van der Waals surface area contributed by atoms with Crippen molar-refractivity contribution in [2.75, 3.05) is 23.8 Å². The zero-order valence-electron chi connectivity index (χ0n) is 11.4. The number of amides is 2. The Bertz CT molecular complexity index is 463. The number of hydrogen-bond donors (Lipinski definition) is 4. The maximum Gasteiger partial charge on any atom is 0.326 e. The molecule has 2 amide bonds. The van der Waals surface area contributed by atoms with Crippen molar-refractivity contribution >= 4 is 35.5 Å². The quantitative estimate of drug-likeness (QED) is 0.607. The average Bonchev–Trinajstić information content (AvgIpc) is 2.98. The summed E-state index contributed by atoms with van der Waals surface area (Å²) in [4.78, 5) is 29.6. The van der Waals surface area contributed by atoms with Crippen molar-refractivity contribution < 1.29 is 14.7 Å². The molecule has 7 nitrogen and oxygen atoms in total. The molecule has 9 heteroatoms. The highest BCUT2D eigenvalue weighted by molar-refractivity contribution is 8.06. The van der Waals surface area contributed by atoms with E-state index in [9.17, 15) is 9.59 Å². The number of thioether (sulfide) groups is 2. The lowest BCUT2D eigenvalue weighted by Crippen LogP contribution is -2.48. The fourth-order valence-corrected chi connectivity index (χ4v) is 4.50. The van der Waals surface area contributed by atoms with Crippen molar-refractivity contribution in [3.05, 3.63) is 18.2 Å². The summed E-state index contributed by atoms with van der Waals surface area (Å²) in [6, 6.07) is -1.42. The predicted octanol–water partition coefficient (Wildman–Crippen LogP) is 0.553. The minimum absolute atomic E-state index is 0.177. The first-order valence-electron chi connectivity index (χ1n) is 6.59. The van der Waals surface area contributed by atoms with Gasteiger partial charge in [0.25, 0.3) is 0 Å². The Morgan fingerprint density at radius 3 is 3.00 bits per heavy atom. The molecule has 1 saturated heterocycles. The summed E-state index contributed by atoms with van der Waals surface area (Å²) in [6.45, 7) is 0.555. The van der Waals surface area contributed by atoms with Gasteiger partial charge in [0, 0.05) is 47.4 Å². The van der Waals surface area contributed by atoms with Crippen molar-refractivity contribution in [3.63, 3.8) is 0 Å². The van der Waals surface area contributed by atoms with Gasteiger partial charge in [-0.15, -0.1) is 0 Å². The summed E-state index contributed by atoms with van der Waals surface area (Å²) in [5.74, 6) is 2.19. The van der Waals surface area contributed by atoms with E-state index in [0.717, 1.165) is 17.3 Å². The zero-order valence-corrected chi connectivity index (χ0v) is 13.0. The third kappa shape index (κ3) is 5.50. The fraction of sp³-hybridized carbons (Fsp3) is 0.583. The zero-order chi connectivity index (χ0) is 15.1. The van der Waals surface area contributed by atoms with Gasteiger partial charge in [-0.1, -0.05) is 0 Å². The summed E-state index contributed by atoms with van der Waals surface area (Å²) in [5, 5.41) is 14.8.